The van der Waals surface area contributed by atoms with Gasteiger partial charge in [0.05, 0.1) is 23.5 Å². The first-order chi connectivity index (χ1) is 16.1. The minimum atomic E-state index is -4.49. The van der Waals surface area contributed by atoms with Crippen LogP contribution in [0.1, 0.15) is 37.3 Å². The summed E-state index contributed by atoms with van der Waals surface area (Å²) in [5.41, 5.74) is -1.06. The van der Waals surface area contributed by atoms with E-state index in [-0.39, 0.29) is 43.3 Å². The van der Waals surface area contributed by atoms with Crippen molar-refractivity contribution in [3.05, 3.63) is 65.7 Å². The number of piperidine rings is 1. The Hall–Kier alpha value is -3.33. The molecular weight excluding hydrogens is 449 g/mol. The molecule has 1 aromatic heterocycles. The van der Waals surface area contributed by atoms with Crippen molar-refractivity contribution in [1.82, 2.24) is 4.57 Å². The van der Waals surface area contributed by atoms with Crippen LogP contribution in [-0.2, 0) is 11.8 Å². The molecule has 34 heavy (non-hydrogen) atoms. The number of hydrogen-bond acceptors (Lipinski definition) is 5. The lowest BCUT2D eigenvalue weighted by Gasteiger charge is -2.39. The van der Waals surface area contributed by atoms with Gasteiger partial charge in [0.25, 0.3) is 0 Å². The van der Waals surface area contributed by atoms with Crippen molar-refractivity contribution >= 4 is 5.69 Å². The molecule has 0 saturated carbocycles. The summed E-state index contributed by atoms with van der Waals surface area (Å²) in [5, 5.41) is 32.4. The zero-order valence-electron chi connectivity index (χ0n) is 18.7. The van der Waals surface area contributed by atoms with Crippen molar-refractivity contribution < 1.29 is 33.2 Å². The number of alkyl halides is 3. The van der Waals surface area contributed by atoms with Gasteiger partial charge in [0.1, 0.15) is 11.4 Å². The number of aromatic hydroxyl groups is 2. The van der Waals surface area contributed by atoms with Crippen LogP contribution in [0.15, 0.2) is 54.6 Å². The SMILES string of the molecule is CCCOc1ccc(-n2c(O)cc(N3CCC(O)(c4cccc(C(F)(F)F)c4)CC3)c2O)cc1. The Morgan fingerprint density at radius 2 is 1.68 bits per heavy atom. The van der Waals surface area contributed by atoms with E-state index in [0.29, 0.717) is 23.7 Å². The lowest BCUT2D eigenvalue weighted by Crippen LogP contribution is -2.42. The summed E-state index contributed by atoms with van der Waals surface area (Å²) in [4.78, 5) is 1.80. The topological polar surface area (TPSA) is 78.1 Å². The second-order valence-electron chi connectivity index (χ2n) is 8.49. The summed E-state index contributed by atoms with van der Waals surface area (Å²) in [6, 6.07) is 13.1. The van der Waals surface area contributed by atoms with E-state index in [1.165, 1.54) is 22.8 Å². The Balaban J connectivity index is 1.51. The van der Waals surface area contributed by atoms with E-state index in [0.717, 1.165) is 18.6 Å². The van der Waals surface area contributed by atoms with Crippen LogP contribution in [0.25, 0.3) is 5.69 Å². The normalized spacial score (nSPS) is 16.0. The number of rotatable bonds is 6. The highest BCUT2D eigenvalue weighted by Gasteiger charge is 2.38. The number of halogens is 3. The molecule has 4 rings (SSSR count). The maximum absolute atomic E-state index is 13.1. The molecule has 0 bridgehead atoms. The highest BCUT2D eigenvalue weighted by Crippen LogP contribution is 2.42. The maximum atomic E-state index is 13.1. The van der Waals surface area contributed by atoms with Crippen LogP contribution >= 0.6 is 0 Å². The predicted octanol–water partition coefficient (Wildman–Crippen LogP) is 5.18. The van der Waals surface area contributed by atoms with E-state index in [1.807, 2.05) is 6.92 Å². The number of ether oxygens (including phenoxy) is 1. The number of anilines is 1. The van der Waals surface area contributed by atoms with E-state index in [4.69, 9.17) is 4.74 Å². The molecule has 2 aromatic carbocycles. The van der Waals surface area contributed by atoms with Crippen molar-refractivity contribution in [2.24, 2.45) is 0 Å². The molecule has 182 valence electrons. The van der Waals surface area contributed by atoms with Crippen LogP contribution in [-0.4, -0.2) is 39.6 Å². The number of benzene rings is 2. The van der Waals surface area contributed by atoms with Crippen molar-refractivity contribution in [1.29, 1.82) is 0 Å². The standard InChI is InChI=1S/C25H27F3N2O4/c1-2-14-34-20-8-6-19(7-9-20)30-22(31)16-21(23(30)32)29-12-10-24(33,11-13-29)17-4-3-5-18(15-17)25(26,27)28/h3-9,15-16,31-33H,2,10-14H2,1H3. The zero-order valence-corrected chi connectivity index (χ0v) is 18.7. The lowest BCUT2D eigenvalue weighted by molar-refractivity contribution is -0.137. The van der Waals surface area contributed by atoms with Crippen molar-refractivity contribution in [3.8, 4) is 23.2 Å². The number of aromatic nitrogens is 1. The van der Waals surface area contributed by atoms with Gasteiger partial charge < -0.3 is 25.0 Å². The second kappa shape index (κ2) is 9.13. The minimum Gasteiger partial charge on any atom is -0.494 e. The molecule has 1 aliphatic rings. The van der Waals surface area contributed by atoms with Crippen LogP contribution in [0.5, 0.6) is 17.5 Å². The van der Waals surface area contributed by atoms with Crippen LogP contribution in [0.4, 0.5) is 18.9 Å². The molecule has 3 aromatic rings. The first kappa shape index (κ1) is 23.8. The molecule has 9 heteroatoms. The average Bonchev–Trinajstić information content (AvgIpc) is 3.12. The fourth-order valence-electron chi connectivity index (χ4n) is 4.26. The molecule has 0 amide bonds. The zero-order chi connectivity index (χ0) is 24.5. The Bertz CT molecular complexity index is 1130. The third-order valence-corrected chi connectivity index (χ3v) is 6.16. The van der Waals surface area contributed by atoms with Gasteiger partial charge >= 0.3 is 6.18 Å². The van der Waals surface area contributed by atoms with Gasteiger partial charge in [-0.1, -0.05) is 19.1 Å². The molecule has 6 nitrogen and oxygen atoms in total. The molecule has 2 heterocycles. The third-order valence-electron chi connectivity index (χ3n) is 6.16. The van der Waals surface area contributed by atoms with E-state index in [9.17, 15) is 28.5 Å². The highest BCUT2D eigenvalue weighted by molar-refractivity contribution is 5.63. The molecule has 0 unspecified atom stereocenters. The summed E-state index contributed by atoms with van der Waals surface area (Å²) in [7, 11) is 0. The first-order valence-electron chi connectivity index (χ1n) is 11.1. The Morgan fingerprint density at radius 1 is 1.00 bits per heavy atom. The van der Waals surface area contributed by atoms with Gasteiger partial charge in [-0.3, -0.25) is 0 Å². The van der Waals surface area contributed by atoms with Gasteiger partial charge in [-0.15, -0.1) is 0 Å². The number of nitrogens with zero attached hydrogens (tertiary/aromatic N) is 2. The van der Waals surface area contributed by atoms with Crippen molar-refractivity contribution in [2.45, 2.75) is 38.0 Å². The van der Waals surface area contributed by atoms with Gasteiger partial charge in [-0.2, -0.15) is 13.2 Å². The van der Waals surface area contributed by atoms with Crippen LogP contribution in [0, 0.1) is 0 Å². The van der Waals surface area contributed by atoms with Crippen molar-refractivity contribution in [3.63, 3.8) is 0 Å². The number of aliphatic hydroxyl groups is 1. The summed E-state index contributed by atoms with van der Waals surface area (Å²) in [6.45, 7) is 3.17. The molecule has 1 aliphatic heterocycles. The summed E-state index contributed by atoms with van der Waals surface area (Å²) >= 11 is 0. The fraction of sp³-hybridized carbons (Fsp3) is 0.360. The molecule has 1 saturated heterocycles. The molecule has 0 atom stereocenters. The van der Waals surface area contributed by atoms with Gasteiger partial charge in [0.15, 0.2) is 0 Å². The maximum Gasteiger partial charge on any atom is 0.416 e. The fourth-order valence-corrected chi connectivity index (χ4v) is 4.26. The van der Waals surface area contributed by atoms with E-state index < -0.39 is 17.3 Å². The predicted molar refractivity (Wildman–Crippen MR) is 122 cm³/mol. The second-order valence-corrected chi connectivity index (χ2v) is 8.49. The van der Waals surface area contributed by atoms with Crippen LogP contribution in [0.2, 0.25) is 0 Å². The smallest absolute Gasteiger partial charge is 0.416 e. The van der Waals surface area contributed by atoms with Gasteiger partial charge in [-0.25, -0.2) is 4.57 Å². The summed E-state index contributed by atoms with van der Waals surface area (Å²) in [6.07, 6.45) is -3.27. The van der Waals surface area contributed by atoms with Gasteiger partial charge in [-0.05, 0) is 61.2 Å². The van der Waals surface area contributed by atoms with Crippen LogP contribution in [0.3, 0.4) is 0 Å². The Kier molecular flexibility index (Phi) is 6.40. The van der Waals surface area contributed by atoms with E-state index >= 15 is 0 Å². The Labute approximate surface area is 195 Å². The molecule has 0 aliphatic carbocycles. The highest BCUT2D eigenvalue weighted by atomic mass is 19.4. The third kappa shape index (κ3) is 4.65. The largest absolute Gasteiger partial charge is 0.494 e. The summed E-state index contributed by atoms with van der Waals surface area (Å²) in [5.74, 6) is 0.361. The number of hydrogen-bond donors (Lipinski definition) is 3. The van der Waals surface area contributed by atoms with Crippen LogP contribution < -0.4 is 9.64 Å². The van der Waals surface area contributed by atoms with Gasteiger partial charge in [0, 0.05) is 19.2 Å². The first-order valence-corrected chi connectivity index (χ1v) is 11.1. The molecular formula is C25H27F3N2O4. The monoisotopic (exact) mass is 476 g/mol. The molecule has 0 radical (unpaired) electrons. The molecule has 3 N–H and O–H groups in total. The van der Waals surface area contributed by atoms with Crippen molar-refractivity contribution in [2.75, 3.05) is 24.6 Å². The Morgan fingerprint density at radius 3 is 2.29 bits per heavy atom. The lowest BCUT2D eigenvalue weighted by atomic mass is 9.83. The molecule has 0 spiro atoms. The average molecular weight is 476 g/mol. The summed E-state index contributed by atoms with van der Waals surface area (Å²) < 4.78 is 46.1. The molecule has 1 fully saturated rings. The quantitative estimate of drug-likeness (QED) is 0.457. The van der Waals surface area contributed by atoms with Gasteiger partial charge in [0.2, 0.25) is 11.8 Å². The van der Waals surface area contributed by atoms with E-state index in [1.54, 1.807) is 29.2 Å². The minimum absolute atomic E-state index is 0.159. The van der Waals surface area contributed by atoms with E-state index in [2.05, 4.69) is 0 Å².